The van der Waals surface area contributed by atoms with Gasteiger partial charge in [0.2, 0.25) is 5.82 Å². The summed E-state index contributed by atoms with van der Waals surface area (Å²) in [5, 5.41) is 7.74. The summed E-state index contributed by atoms with van der Waals surface area (Å²) in [6.07, 6.45) is 0. The molecule has 1 N–H and O–H groups in total. The lowest BCUT2D eigenvalue weighted by Gasteiger charge is -2.35. The normalized spacial score (nSPS) is 16.0. The van der Waals surface area contributed by atoms with Crippen LogP contribution in [0.2, 0.25) is 5.02 Å². The van der Waals surface area contributed by atoms with E-state index in [1.54, 1.807) is 29.2 Å². The molecule has 3 aromatic carbocycles. The molecule has 1 aliphatic heterocycles. The first-order valence-corrected chi connectivity index (χ1v) is 11.4. The van der Waals surface area contributed by atoms with E-state index in [0.717, 1.165) is 22.4 Å². The first-order chi connectivity index (χ1) is 16.8. The molecule has 8 heteroatoms. The van der Waals surface area contributed by atoms with Crippen molar-refractivity contribution in [3.05, 3.63) is 106 Å². The van der Waals surface area contributed by atoms with Crippen molar-refractivity contribution in [3.63, 3.8) is 0 Å². The van der Waals surface area contributed by atoms with Crippen molar-refractivity contribution in [1.82, 2.24) is 15.5 Å². The highest BCUT2D eigenvalue weighted by molar-refractivity contribution is 6.30. The second kappa shape index (κ2) is 9.00. The van der Waals surface area contributed by atoms with E-state index in [4.69, 9.17) is 16.1 Å². The molecule has 0 bridgehead atoms. The minimum atomic E-state index is -0.552. The van der Waals surface area contributed by atoms with Crippen LogP contribution in [0.25, 0.3) is 17.0 Å². The maximum absolute atomic E-state index is 13.8. The number of aryl methyl sites for hydroxylation is 2. The Hall–Kier alpha value is -3.97. The van der Waals surface area contributed by atoms with Gasteiger partial charge >= 0.3 is 6.03 Å². The van der Waals surface area contributed by atoms with Gasteiger partial charge in [-0.05, 0) is 73.9 Å². The van der Waals surface area contributed by atoms with Crippen LogP contribution in [0.15, 0.2) is 77.0 Å². The number of aromatic nitrogens is 2. The molecule has 0 aliphatic carbocycles. The van der Waals surface area contributed by atoms with Crippen molar-refractivity contribution in [2.24, 2.45) is 0 Å². The van der Waals surface area contributed by atoms with E-state index in [9.17, 15) is 9.18 Å². The Morgan fingerprint density at radius 3 is 2.49 bits per heavy atom. The standard InChI is InChI=1S/C27H22ClFN4O2/c1-15-7-12-22(13-16(15)2)33-17(3)23(24(30-27(33)34)18-8-10-20(28)11-9-18)26-31-25(32-35-26)19-5-4-6-21(29)14-19/h4-14,24H,1-3H3,(H,30,34). The molecule has 0 radical (unpaired) electrons. The number of benzene rings is 3. The largest absolute Gasteiger partial charge is 0.334 e. The summed E-state index contributed by atoms with van der Waals surface area (Å²) in [6, 6.07) is 18.2. The lowest BCUT2D eigenvalue weighted by Crippen LogP contribution is -2.46. The highest BCUT2D eigenvalue weighted by atomic mass is 35.5. The third-order valence-corrected chi connectivity index (χ3v) is 6.43. The fourth-order valence-corrected chi connectivity index (χ4v) is 4.30. The highest BCUT2D eigenvalue weighted by Gasteiger charge is 2.36. The second-order valence-corrected chi connectivity index (χ2v) is 8.91. The molecule has 2 heterocycles. The Morgan fingerprint density at radius 1 is 1.00 bits per heavy atom. The van der Waals surface area contributed by atoms with E-state index in [1.165, 1.54) is 12.1 Å². The van der Waals surface area contributed by atoms with Crippen molar-refractivity contribution in [3.8, 4) is 11.4 Å². The number of nitrogens with zero attached hydrogens (tertiary/aromatic N) is 3. The van der Waals surface area contributed by atoms with Crippen LogP contribution in [0.3, 0.4) is 0 Å². The molecular formula is C27H22ClFN4O2. The molecule has 2 amide bonds. The topological polar surface area (TPSA) is 71.3 Å². The predicted molar refractivity (Wildman–Crippen MR) is 133 cm³/mol. The molecule has 0 saturated heterocycles. The number of anilines is 1. The van der Waals surface area contributed by atoms with E-state index in [2.05, 4.69) is 15.5 Å². The number of hydrogen-bond acceptors (Lipinski definition) is 4. The number of allylic oxidation sites excluding steroid dienone is 1. The van der Waals surface area contributed by atoms with Gasteiger partial charge in [-0.25, -0.2) is 9.18 Å². The fourth-order valence-electron chi connectivity index (χ4n) is 4.18. The van der Waals surface area contributed by atoms with Gasteiger partial charge in [0.05, 0.1) is 17.3 Å². The van der Waals surface area contributed by atoms with Crippen LogP contribution in [-0.2, 0) is 0 Å². The Balaban J connectivity index is 1.66. The second-order valence-electron chi connectivity index (χ2n) is 8.47. The Labute approximate surface area is 207 Å². The van der Waals surface area contributed by atoms with Gasteiger partial charge in [-0.3, -0.25) is 4.90 Å². The third-order valence-electron chi connectivity index (χ3n) is 6.18. The van der Waals surface area contributed by atoms with Gasteiger partial charge in [-0.1, -0.05) is 47.1 Å². The third kappa shape index (κ3) is 4.31. The molecule has 1 aromatic heterocycles. The van der Waals surface area contributed by atoms with Gasteiger partial charge in [0.1, 0.15) is 5.82 Å². The lowest BCUT2D eigenvalue weighted by atomic mass is 9.94. The van der Waals surface area contributed by atoms with E-state index < -0.39 is 11.9 Å². The molecule has 1 unspecified atom stereocenters. The molecule has 1 atom stereocenters. The van der Waals surface area contributed by atoms with E-state index in [-0.39, 0.29) is 17.7 Å². The monoisotopic (exact) mass is 488 g/mol. The quantitative estimate of drug-likeness (QED) is 0.341. The number of carbonyl (C=O) groups excluding carboxylic acids is 1. The summed E-state index contributed by atoms with van der Waals surface area (Å²) >= 11 is 6.10. The Bertz CT molecular complexity index is 1460. The average Bonchev–Trinajstić information content (AvgIpc) is 3.31. The number of rotatable bonds is 4. The molecule has 6 nitrogen and oxygen atoms in total. The van der Waals surface area contributed by atoms with Crippen molar-refractivity contribution in [1.29, 1.82) is 0 Å². The number of carbonyl (C=O) groups is 1. The molecular weight excluding hydrogens is 467 g/mol. The SMILES string of the molecule is CC1=C(c2nc(-c3cccc(F)c3)no2)C(c2ccc(Cl)cc2)NC(=O)N1c1ccc(C)c(C)c1. The van der Waals surface area contributed by atoms with E-state index in [1.807, 2.05) is 51.1 Å². The van der Waals surface area contributed by atoms with Crippen LogP contribution in [0, 0.1) is 19.7 Å². The molecule has 0 saturated carbocycles. The number of urea groups is 1. The molecule has 1 aliphatic rings. The smallest absolute Gasteiger partial charge is 0.326 e. The zero-order valence-corrected chi connectivity index (χ0v) is 20.1. The minimum Gasteiger partial charge on any atom is -0.334 e. The maximum atomic E-state index is 13.8. The predicted octanol–water partition coefficient (Wildman–Crippen LogP) is 6.85. The first kappa shape index (κ1) is 22.8. The number of amides is 2. The lowest BCUT2D eigenvalue weighted by molar-refractivity contribution is 0.244. The van der Waals surface area contributed by atoms with Crippen LogP contribution < -0.4 is 10.2 Å². The van der Waals surface area contributed by atoms with Crippen LogP contribution in [0.4, 0.5) is 14.9 Å². The molecule has 176 valence electrons. The van der Waals surface area contributed by atoms with Crippen LogP contribution in [0.1, 0.15) is 35.5 Å². The van der Waals surface area contributed by atoms with Gasteiger partial charge in [-0.2, -0.15) is 4.98 Å². The van der Waals surface area contributed by atoms with Gasteiger partial charge < -0.3 is 9.84 Å². The summed E-state index contributed by atoms with van der Waals surface area (Å²) in [5.74, 6) is 0.0916. The summed E-state index contributed by atoms with van der Waals surface area (Å²) in [5.41, 5.74) is 5.50. The summed E-state index contributed by atoms with van der Waals surface area (Å²) in [7, 11) is 0. The van der Waals surface area contributed by atoms with Crippen LogP contribution in [0.5, 0.6) is 0 Å². The van der Waals surface area contributed by atoms with Crippen molar-refractivity contribution in [2.45, 2.75) is 26.8 Å². The minimum absolute atomic E-state index is 0.232. The zero-order chi connectivity index (χ0) is 24.7. The van der Waals surface area contributed by atoms with Gasteiger partial charge in [0.25, 0.3) is 5.89 Å². The van der Waals surface area contributed by atoms with E-state index in [0.29, 0.717) is 21.9 Å². The molecule has 35 heavy (non-hydrogen) atoms. The van der Waals surface area contributed by atoms with Crippen molar-refractivity contribution < 1.29 is 13.7 Å². The average molecular weight is 489 g/mol. The summed E-state index contributed by atoms with van der Waals surface area (Å²) in [6.45, 7) is 5.87. The number of halogens is 2. The number of hydrogen-bond donors (Lipinski definition) is 1. The highest BCUT2D eigenvalue weighted by Crippen LogP contribution is 2.39. The van der Waals surface area contributed by atoms with Crippen LogP contribution in [-0.4, -0.2) is 16.2 Å². The van der Waals surface area contributed by atoms with Crippen LogP contribution >= 0.6 is 11.6 Å². The Morgan fingerprint density at radius 2 is 1.77 bits per heavy atom. The summed E-state index contributed by atoms with van der Waals surface area (Å²) < 4.78 is 19.4. The molecule has 4 aromatic rings. The van der Waals surface area contributed by atoms with E-state index >= 15 is 0 Å². The van der Waals surface area contributed by atoms with Gasteiger partial charge in [-0.15, -0.1) is 0 Å². The molecule has 0 fully saturated rings. The maximum Gasteiger partial charge on any atom is 0.326 e. The molecule has 0 spiro atoms. The van der Waals surface area contributed by atoms with Crippen molar-refractivity contribution in [2.75, 3.05) is 4.90 Å². The first-order valence-electron chi connectivity index (χ1n) is 11.1. The summed E-state index contributed by atoms with van der Waals surface area (Å²) in [4.78, 5) is 19.5. The van der Waals surface area contributed by atoms with Gasteiger partial charge in [0.15, 0.2) is 0 Å². The zero-order valence-electron chi connectivity index (χ0n) is 19.3. The van der Waals surface area contributed by atoms with Gasteiger partial charge in [0, 0.05) is 16.3 Å². The fraction of sp³-hybridized carbons (Fsp3) is 0.148. The van der Waals surface area contributed by atoms with Crippen molar-refractivity contribution >= 4 is 28.9 Å². The number of nitrogens with one attached hydrogen (secondary N) is 1. The Kier molecular flexibility index (Phi) is 5.86. The molecule has 5 rings (SSSR count).